The topological polar surface area (TPSA) is 64.0 Å². The van der Waals surface area contributed by atoms with E-state index in [1.54, 1.807) is 6.07 Å². The number of hydrogen-bond donors (Lipinski definition) is 1. The Balaban J connectivity index is 1.81. The summed E-state index contributed by atoms with van der Waals surface area (Å²) >= 11 is 0. The smallest absolute Gasteiger partial charge is 0.267 e. The lowest BCUT2D eigenvalue weighted by Gasteiger charge is -2.09. The molecule has 25 heavy (non-hydrogen) atoms. The number of nitrogens with zero attached hydrogens (tertiary/aromatic N) is 2. The van der Waals surface area contributed by atoms with Gasteiger partial charge in [-0.3, -0.25) is 9.59 Å². The van der Waals surface area contributed by atoms with Crippen LogP contribution in [0.15, 0.2) is 65.5 Å². The molecule has 1 N–H and O–H groups in total. The van der Waals surface area contributed by atoms with E-state index in [-0.39, 0.29) is 18.0 Å². The number of para-hydroxylation sites is 1. The van der Waals surface area contributed by atoms with Crippen molar-refractivity contribution in [1.29, 1.82) is 0 Å². The van der Waals surface area contributed by atoms with E-state index in [4.69, 9.17) is 0 Å². The molecule has 0 saturated heterocycles. The fourth-order valence-electron chi connectivity index (χ4n) is 2.23. The Labute approximate surface area is 141 Å². The molecule has 3 rings (SSSR count). The maximum absolute atomic E-state index is 13.6. The molecule has 1 aromatic heterocycles. The zero-order valence-corrected chi connectivity index (χ0v) is 12.9. The number of halogens is 2. The van der Waals surface area contributed by atoms with Crippen molar-refractivity contribution in [3.05, 3.63) is 82.7 Å². The number of hydrogen-bond acceptors (Lipinski definition) is 3. The summed E-state index contributed by atoms with van der Waals surface area (Å²) in [6.07, 6.45) is 0. The molecular formula is C18H13F2N3O2. The quantitative estimate of drug-likeness (QED) is 0.794. The van der Waals surface area contributed by atoms with Gasteiger partial charge in [0.15, 0.2) is 0 Å². The minimum absolute atomic E-state index is 0.0234. The SMILES string of the molecule is O=C(Cn1nc(-c2ccc(F)cc2)ccc1=O)Nc1ccccc1F. The molecule has 0 aliphatic rings. The van der Waals surface area contributed by atoms with E-state index in [1.807, 2.05) is 0 Å². The van der Waals surface area contributed by atoms with Gasteiger partial charge < -0.3 is 5.32 Å². The molecule has 0 unspecified atom stereocenters. The van der Waals surface area contributed by atoms with Crippen LogP contribution in [0, 0.1) is 11.6 Å². The summed E-state index contributed by atoms with van der Waals surface area (Å²) in [6.45, 7) is -0.373. The van der Waals surface area contributed by atoms with Crippen LogP contribution in [0.5, 0.6) is 0 Å². The van der Waals surface area contributed by atoms with Gasteiger partial charge in [0.1, 0.15) is 18.2 Å². The number of rotatable bonds is 4. The van der Waals surface area contributed by atoms with Crippen LogP contribution in [0.3, 0.4) is 0 Å². The van der Waals surface area contributed by atoms with E-state index in [1.165, 1.54) is 54.6 Å². The molecule has 126 valence electrons. The summed E-state index contributed by atoms with van der Waals surface area (Å²) in [6, 6.07) is 14.1. The standard InChI is InChI=1S/C18H13F2N3O2/c19-13-7-5-12(6-8-13)15-9-10-18(25)23(22-15)11-17(24)21-16-4-2-1-3-14(16)20/h1-10H,11H2,(H,21,24). The van der Waals surface area contributed by atoms with Gasteiger partial charge >= 0.3 is 0 Å². The summed E-state index contributed by atoms with van der Waals surface area (Å²) in [5, 5.41) is 6.49. The minimum atomic E-state index is -0.587. The van der Waals surface area contributed by atoms with Gasteiger partial charge in [-0.2, -0.15) is 5.10 Å². The van der Waals surface area contributed by atoms with Gasteiger partial charge in [0, 0.05) is 11.6 Å². The molecule has 7 heteroatoms. The van der Waals surface area contributed by atoms with Crippen LogP contribution in [0.4, 0.5) is 14.5 Å². The zero-order chi connectivity index (χ0) is 17.8. The molecule has 3 aromatic rings. The first-order chi connectivity index (χ1) is 12.0. The van der Waals surface area contributed by atoms with E-state index in [0.717, 1.165) is 4.68 Å². The highest BCUT2D eigenvalue weighted by Gasteiger charge is 2.10. The number of anilines is 1. The summed E-state index contributed by atoms with van der Waals surface area (Å²) < 4.78 is 27.5. The highest BCUT2D eigenvalue weighted by molar-refractivity contribution is 5.90. The first-order valence-corrected chi connectivity index (χ1v) is 7.41. The summed E-state index contributed by atoms with van der Waals surface area (Å²) in [4.78, 5) is 23.9. The number of aromatic nitrogens is 2. The summed E-state index contributed by atoms with van der Waals surface area (Å²) in [5.41, 5.74) is 0.563. The first kappa shape index (κ1) is 16.5. The molecule has 0 fully saturated rings. The number of amides is 1. The molecule has 1 amide bonds. The third-order valence-corrected chi connectivity index (χ3v) is 3.45. The molecule has 0 radical (unpaired) electrons. The van der Waals surface area contributed by atoms with Crippen LogP contribution in [0.25, 0.3) is 11.3 Å². The fraction of sp³-hybridized carbons (Fsp3) is 0.0556. The van der Waals surface area contributed by atoms with E-state index >= 15 is 0 Å². The fourth-order valence-corrected chi connectivity index (χ4v) is 2.23. The van der Waals surface area contributed by atoms with Crippen molar-refractivity contribution in [2.75, 3.05) is 5.32 Å². The molecular weight excluding hydrogens is 328 g/mol. The first-order valence-electron chi connectivity index (χ1n) is 7.41. The highest BCUT2D eigenvalue weighted by Crippen LogP contribution is 2.16. The van der Waals surface area contributed by atoms with Gasteiger partial charge in [0.25, 0.3) is 5.56 Å². The van der Waals surface area contributed by atoms with E-state index in [0.29, 0.717) is 11.3 Å². The van der Waals surface area contributed by atoms with E-state index in [9.17, 15) is 18.4 Å². The molecule has 2 aromatic carbocycles. The van der Waals surface area contributed by atoms with Gasteiger partial charge in [0.2, 0.25) is 5.91 Å². The minimum Gasteiger partial charge on any atom is -0.322 e. The van der Waals surface area contributed by atoms with Crippen molar-refractivity contribution in [1.82, 2.24) is 9.78 Å². The number of carbonyl (C=O) groups is 1. The molecule has 0 atom stereocenters. The maximum atomic E-state index is 13.6. The Kier molecular flexibility index (Phi) is 4.65. The molecule has 5 nitrogen and oxygen atoms in total. The van der Waals surface area contributed by atoms with Crippen molar-refractivity contribution >= 4 is 11.6 Å². The maximum Gasteiger partial charge on any atom is 0.267 e. The van der Waals surface area contributed by atoms with Gasteiger partial charge in [0.05, 0.1) is 11.4 Å². The second-order valence-electron chi connectivity index (χ2n) is 5.25. The van der Waals surface area contributed by atoms with Crippen LogP contribution in [0.1, 0.15) is 0 Å². The van der Waals surface area contributed by atoms with Crippen LogP contribution >= 0.6 is 0 Å². The van der Waals surface area contributed by atoms with Crippen molar-refractivity contribution in [2.24, 2.45) is 0 Å². The van der Waals surface area contributed by atoms with E-state index in [2.05, 4.69) is 10.4 Å². The Morgan fingerprint density at radius 1 is 1.00 bits per heavy atom. The summed E-state index contributed by atoms with van der Waals surface area (Å²) in [5.74, 6) is -1.55. The van der Waals surface area contributed by atoms with Crippen molar-refractivity contribution in [3.63, 3.8) is 0 Å². The molecule has 0 aliphatic heterocycles. The lowest BCUT2D eigenvalue weighted by atomic mass is 10.1. The Hall–Kier alpha value is -3.35. The van der Waals surface area contributed by atoms with Gasteiger partial charge in [-0.05, 0) is 42.5 Å². The average Bonchev–Trinajstić information content (AvgIpc) is 2.60. The normalized spacial score (nSPS) is 10.5. The number of nitrogens with one attached hydrogen (secondary N) is 1. The Morgan fingerprint density at radius 2 is 1.72 bits per heavy atom. The second-order valence-corrected chi connectivity index (χ2v) is 5.25. The molecule has 0 aliphatic carbocycles. The summed E-state index contributed by atoms with van der Waals surface area (Å²) in [7, 11) is 0. The molecule has 0 saturated carbocycles. The van der Waals surface area contributed by atoms with Crippen LogP contribution in [-0.4, -0.2) is 15.7 Å². The Bertz CT molecular complexity index is 969. The predicted molar refractivity (Wildman–Crippen MR) is 88.9 cm³/mol. The average molecular weight is 341 g/mol. The zero-order valence-electron chi connectivity index (χ0n) is 12.9. The van der Waals surface area contributed by atoms with Crippen molar-refractivity contribution < 1.29 is 13.6 Å². The molecule has 1 heterocycles. The third kappa shape index (κ3) is 3.95. The Morgan fingerprint density at radius 3 is 2.44 bits per heavy atom. The monoisotopic (exact) mass is 341 g/mol. The van der Waals surface area contributed by atoms with Crippen molar-refractivity contribution in [2.45, 2.75) is 6.54 Å². The van der Waals surface area contributed by atoms with E-state index < -0.39 is 17.3 Å². The number of benzene rings is 2. The van der Waals surface area contributed by atoms with Crippen LogP contribution in [0.2, 0.25) is 0 Å². The van der Waals surface area contributed by atoms with Crippen LogP contribution < -0.4 is 10.9 Å². The lowest BCUT2D eigenvalue weighted by molar-refractivity contribution is -0.117. The molecule has 0 spiro atoms. The van der Waals surface area contributed by atoms with Gasteiger partial charge in [-0.15, -0.1) is 0 Å². The molecule has 0 bridgehead atoms. The highest BCUT2D eigenvalue weighted by atomic mass is 19.1. The third-order valence-electron chi connectivity index (χ3n) is 3.45. The lowest BCUT2D eigenvalue weighted by Crippen LogP contribution is -2.29. The van der Waals surface area contributed by atoms with Gasteiger partial charge in [-0.25, -0.2) is 13.5 Å². The number of carbonyl (C=O) groups excluding carboxylic acids is 1. The van der Waals surface area contributed by atoms with Crippen molar-refractivity contribution in [3.8, 4) is 11.3 Å². The van der Waals surface area contributed by atoms with Crippen LogP contribution in [-0.2, 0) is 11.3 Å². The van der Waals surface area contributed by atoms with Gasteiger partial charge in [-0.1, -0.05) is 12.1 Å². The predicted octanol–water partition coefficient (Wildman–Crippen LogP) is 2.83. The largest absolute Gasteiger partial charge is 0.322 e. The second kappa shape index (κ2) is 7.04.